The molecule has 49 heavy (non-hydrogen) atoms. The Morgan fingerprint density at radius 3 is 2.35 bits per heavy atom. The molecule has 0 aliphatic carbocycles. The van der Waals surface area contributed by atoms with Crippen LogP contribution in [0.15, 0.2) is 41.9 Å². The van der Waals surface area contributed by atoms with Crippen LogP contribution < -0.4 is 16.0 Å². The standard InChI is InChI=1S/C35H48N10O3S/c1-21(2)13-28-35-41-30(20-49-35)34(48)40-27(14-25-11-9-8-10-12-25)33-37-24(6)42-45(33)19-32(47)39-29(22(3)4)17-44(18-31(46)38-28)16-26-15-36-43(7)23(26)5/h8-12,15,20-22,27-29H,13-14,16-19H2,1-7H3,(H,38,46)(H,39,47)(H,40,48)/t27-,28-,29+/m0/s1. The van der Waals surface area contributed by atoms with Gasteiger partial charge in [-0.15, -0.1) is 11.3 Å². The summed E-state index contributed by atoms with van der Waals surface area (Å²) in [4.78, 5) is 52.7. The molecule has 262 valence electrons. The SMILES string of the molecule is Cc1nc2n(n1)CC(=O)N[C@@H](C(C)C)CN(Cc1cnn(C)c1C)CC(=O)N[C@@H](CC(C)C)c1nc(cs1)C(=O)N[C@H]2Cc1ccccc1. The number of carbonyl (C=O) groups is 3. The van der Waals surface area contributed by atoms with E-state index in [1.54, 1.807) is 17.0 Å². The van der Waals surface area contributed by atoms with Gasteiger partial charge in [0.1, 0.15) is 23.1 Å². The summed E-state index contributed by atoms with van der Waals surface area (Å²) in [6, 6.07) is 8.59. The molecule has 13 nitrogen and oxygen atoms in total. The molecule has 4 heterocycles. The molecule has 2 bridgehead atoms. The maximum atomic E-state index is 13.8. The molecule has 0 spiro atoms. The first-order valence-electron chi connectivity index (χ1n) is 16.9. The number of amides is 3. The Balaban J connectivity index is 1.54. The zero-order chi connectivity index (χ0) is 35.2. The number of rotatable bonds is 7. The van der Waals surface area contributed by atoms with Crippen LogP contribution in [-0.2, 0) is 36.1 Å². The van der Waals surface area contributed by atoms with Gasteiger partial charge in [0.2, 0.25) is 11.8 Å². The van der Waals surface area contributed by atoms with E-state index in [-0.39, 0.29) is 60.4 Å². The quantitative estimate of drug-likeness (QED) is 0.266. The fourth-order valence-corrected chi connectivity index (χ4v) is 6.90. The summed E-state index contributed by atoms with van der Waals surface area (Å²) in [5.74, 6) is 0.558. The molecule has 0 fully saturated rings. The number of hydrogen-bond donors (Lipinski definition) is 3. The molecular weight excluding hydrogens is 641 g/mol. The second-order valence-corrected chi connectivity index (χ2v) is 14.6. The zero-order valence-electron chi connectivity index (χ0n) is 29.4. The van der Waals surface area contributed by atoms with E-state index in [1.807, 2.05) is 55.2 Å². The van der Waals surface area contributed by atoms with Gasteiger partial charge >= 0.3 is 0 Å². The normalized spacial score (nSPS) is 20.0. The lowest BCUT2D eigenvalue weighted by Crippen LogP contribution is -2.50. The van der Waals surface area contributed by atoms with Crippen LogP contribution in [0.1, 0.15) is 90.2 Å². The van der Waals surface area contributed by atoms with Crippen LogP contribution in [0.2, 0.25) is 0 Å². The first-order chi connectivity index (χ1) is 23.4. The minimum Gasteiger partial charge on any atom is -0.350 e. The summed E-state index contributed by atoms with van der Waals surface area (Å²) < 4.78 is 3.39. The van der Waals surface area contributed by atoms with Crippen LogP contribution in [0.3, 0.4) is 0 Å². The Labute approximate surface area is 291 Å². The van der Waals surface area contributed by atoms with E-state index in [9.17, 15) is 14.4 Å². The van der Waals surface area contributed by atoms with Crippen molar-refractivity contribution in [1.82, 2.24) is 50.4 Å². The second-order valence-electron chi connectivity index (χ2n) is 13.7. The minimum atomic E-state index is -0.585. The van der Waals surface area contributed by atoms with Gasteiger partial charge < -0.3 is 16.0 Å². The maximum Gasteiger partial charge on any atom is 0.271 e. The van der Waals surface area contributed by atoms with Gasteiger partial charge in [-0.05, 0) is 44.1 Å². The summed E-state index contributed by atoms with van der Waals surface area (Å²) in [5.41, 5.74) is 3.27. The monoisotopic (exact) mass is 688 g/mol. The van der Waals surface area contributed by atoms with Crippen molar-refractivity contribution in [2.24, 2.45) is 18.9 Å². The third-order valence-electron chi connectivity index (χ3n) is 8.80. The number of aryl methyl sites for hydroxylation is 2. The van der Waals surface area contributed by atoms with Crippen LogP contribution in [0.5, 0.6) is 0 Å². The van der Waals surface area contributed by atoms with Crippen LogP contribution in [-0.4, -0.2) is 71.3 Å². The highest BCUT2D eigenvalue weighted by atomic mass is 32.1. The molecule has 3 aromatic heterocycles. The van der Waals surface area contributed by atoms with Crippen molar-refractivity contribution in [3.63, 3.8) is 0 Å². The molecular formula is C35H48N10O3S. The first kappa shape index (κ1) is 35.9. The molecule has 14 heteroatoms. The lowest BCUT2D eigenvalue weighted by atomic mass is 10.0. The van der Waals surface area contributed by atoms with E-state index in [4.69, 9.17) is 9.97 Å². The van der Waals surface area contributed by atoms with Crippen molar-refractivity contribution in [2.75, 3.05) is 13.1 Å². The highest BCUT2D eigenvalue weighted by Crippen LogP contribution is 2.26. The van der Waals surface area contributed by atoms with Gasteiger partial charge in [-0.2, -0.15) is 10.2 Å². The van der Waals surface area contributed by atoms with Crippen LogP contribution >= 0.6 is 11.3 Å². The van der Waals surface area contributed by atoms with Gasteiger partial charge in [-0.25, -0.2) is 14.6 Å². The Kier molecular flexibility index (Phi) is 11.6. The van der Waals surface area contributed by atoms with E-state index in [0.717, 1.165) is 16.8 Å². The molecule has 1 aliphatic heterocycles. The Hall–Kier alpha value is -4.43. The van der Waals surface area contributed by atoms with Gasteiger partial charge in [-0.3, -0.25) is 24.0 Å². The van der Waals surface area contributed by atoms with Crippen molar-refractivity contribution in [2.45, 2.75) is 85.6 Å². The molecule has 1 aliphatic rings. The van der Waals surface area contributed by atoms with E-state index in [0.29, 0.717) is 42.6 Å². The number of nitrogens with zero attached hydrogens (tertiary/aromatic N) is 7. The fourth-order valence-electron chi connectivity index (χ4n) is 6.04. The van der Waals surface area contributed by atoms with Gasteiger partial charge in [-0.1, -0.05) is 58.0 Å². The molecule has 0 saturated carbocycles. The number of fused-ring (bicyclic) bond motifs is 3. The number of thiazole rings is 1. The smallest absolute Gasteiger partial charge is 0.271 e. The van der Waals surface area contributed by atoms with Gasteiger partial charge in [0.25, 0.3) is 5.91 Å². The van der Waals surface area contributed by atoms with Crippen molar-refractivity contribution in [1.29, 1.82) is 0 Å². The van der Waals surface area contributed by atoms with Crippen LogP contribution in [0, 0.1) is 25.7 Å². The average Bonchev–Trinajstić information content (AvgIpc) is 3.75. The Morgan fingerprint density at radius 1 is 0.939 bits per heavy atom. The molecule has 5 rings (SSSR count). The third kappa shape index (κ3) is 9.38. The highest BCUT2D eigenvalue weighted by Gasteiger charge is 2.29. The van der Waals surface area contributed by atoms with E-state index >= 15 is 0 Å². The molecule has 0 radical (unpaired) electrons. The second kappa shape index (κ2) is 15.9. The number of benzene rings is 1. The molecule has 0 saturated heterocycles. The number of hydrogen-bond acceptors (Lipinski definition) is 9. The van der Waals surface area contributed by atoms with Crippen LogP contribution in [0.25, 0.3) is 0 Å². The highest BCUT2D eigenvalue weighted by molar-refractivity contribution is 7.09. The summed E-state index contributed by atoms with van der Waals surface area (Å²) in [6.45, 7) is 13.0. The molecule has 1 aromatic carbocycles. The van der Waals surface area contributed by atoms with Crippen molar-refractivity contribution in [3.05, 3.63) is 81.1 Å². The van der Waals surface area contributed by atoms with E-state index < -0.39 is 6.04 Å². The van der Waals surface area contributed by atoms with Crippen molar-refractivity contribution in [3.8, 4) is 0 Å². The van der Waals surface area contributed by atoms with Gasteiger partial charge in [0.05, 0.1) is 24.8 Å². The Bertz CT molecular complexity index is 1740. The molecule has 0 unspecified atom stereocenters. The summed E-state index contributed by atoms with van der Waals surface area (Å²) in [7, 11) is 1.89. The summed E-state index contributed by atoms with van der Waals surface area (Å²) >= 11 is 1.36. The minimum absolute atomic E-state index is 0.0691. The lowest BCUT2D eigenvalue weighted by molar-refractivity contribution is -0.123. The summed E-state index contributed by atoms with van der Waals surface area (Å²) in [5, 5.41) is 20.9. The molecule has 3 amide bonds. The fraction of sp³-hybridized carbons (Fsp3) is 0.514. The average molecular weight is 689 g/mol. The predicted octanol–water partition coefficient (Wildman–Crippen LogP) is 3.66. The first-order valence-corrected chi connectivity index (χ1v) is 17.7. The van der Waals surface area contributed by atoms with E-state index in [2.05, 4.69) is 58.7 Å². The maximum absolute atomic E-state index is 13.8. The summed E-state index contributed by atoms with van der Waals surface area (Å²) in [6.07, 6.45) is 2.92. The van der Waals surface area contributed by atoms with Crippen LogP contribution in [0.4, 0.5) is 0 Å². The van der Waals surface area contributed by atoms with Gasteiger partial charge in [0, 0.05) is 42.8 Å². The number of carbonyl (C=O) groups excluding carboxylic acids is 3. The zero-order valence-corrected chi connectivity index (χ0v) is 30.3. The third-order valence-corrected chi connectivity index (χ3v) is 9.76. The molecule has 3 atom stereocenters. The topological polar surface area (TPSA) is 152 Å². The largest absolute Gasteiger partial charge is 0.350 e. The number of nitrogens with one attached hydrogen (secondary N) is 3. The predicted molar refractivity (Wildman–Crippen MR) is 188 cm³/mol. The molecule has 3 N–H and O–H groups in total. The van der Waals surface area contributed by atoms with Gasteiger partial charge in [0.15, 0.2) is 5.82 Å². The number of aromatic nitrogens is 6. The lowest BCUT2D eigenvalue weighted by Gasteiger charge is -2.31. The van der Waals surface area contributed by atoms with Crippen molar-refractivity contribution >= 4 is 29.1 Å². The Morgan fingerprint density at radius 2 is 1.67 bits per heavy atom. The van der Waals surface area contributed by atoms with Crippen molar-refractivity contribution < 1.29 is 14.4 Å². The molecule has 4 aromatic rings. The van der Waals surface area contributed by atoms with E-state index in [1.165, 1.54) is 11.3 Å².